The molecule has 1 N–H and O–H groups in total. The highest BCUT2D eigenvalue weighted by molar-refractivity contribution is 9.10. The van der Waals surface area contributed by atoms with Gasteiger partial charge < -0.3 is 10.2 Å². The molecular formula is C13H19BrN2OS. The number of carbonyl (C=O) groups excluding carboxylic acids is 1. The highest BCUT2D eigenvalue weighted by Gasteiger charge is 2.50. The molecule has 18 heavy (non-hydrogen) atoms. The summed E-state index contributed by atoms with van der Waals surface area (Å²) in [6.45, 7) is 1.61. The summed E-state index contributed by atoms with van der Waals surface area (Å²) < 4.78 is 1.13. The molecule has 1 saturated carbocycles. The molecule has 3 nitrogen and oxygen atoms in total. The molecule has 1 heterocycles. The van der Waals surface area contributed by atoms with Crippen molar-refractivity contribution in [3.05, 3.63) is 20.8 Å². The topological polar surface area (TPSA) is 32.3 Å². The van der Waals surface area contributed by atoms with Crippen molar-refractivity contribution >= 4 is 33.2 Å². The Hall–Kier alpha value is -0.390. The minimum atomic E-state index is -0.0977. The molecule has 0 unspecified atom stereocenters. The number of hydrogen-bond donors (Lipinski definition) is 1. The average molecular weight is 331 g/mol. The zero-order valence-corrected chi connectivity index (χ0v) is 13.2. The van der Waals surface area contributed by atoms with Crippen molar-refractivity contribution in [3.8, 4) is 0 Å². The Balaban J connectivity index is 1.84. The van der Waals surface area contributed by atoms with Crippen LogP contribution < -0.4 is 5.32 Å². The van der Waals surface area contributed by atoms with E-state index in [9.17, 15) is 4.79 Å². The summed E-state index contributed by atoms with van der Waals surface area (Å²) >= 11 is 5.19. The van der Waals surface area contributed by atoms with Crippen LogP contribution in [-0.4, -0.2) is 38.0 Å². The maximum atomic E-state index is 12.3. The Kier molecular flexibility index (Phi) is 4.45. The highest BCUT2D eigenvalue weighted by atomic mass is 79.9. The summed E-state index contributed by atoms with van der Waals surface area (Å²) in [5.41, 5.74) is -0.0977. The number of nitrogens with zero attached hydrogens (tertiary/aromatic N) is 1. The zero-order valence-electron chi connectivity index (χ0n) is 10.8. The molecule has 1 aliphatic carbocycles. The molecule has 100 valence electrons. The van der Waals surface area contributed by atoms with Crippen LogP contribution in [0.5, 0.6) is 0 Å². The Labute approximate surface area is 121 Å². The van der Waals surface area contributed by atoms with E-state index >= 15 is 0 Å². The van der Waals surface area contributed by atoms with E-state index in [4.69, 9.17) is 0 Å². The van der Waals surface area contributed by atoms with E-state index in [1.54, 1.807) is 11.3 Å². The molecule has 2 rings (SSSR count). The van der Waals surface area contributed by atoms with E-state index in [0.717, 1.165) is 36.8 Å². The van der Waals surface area contributed by atoms with Gasteiger partial charge in [-0.1, -0.05) is 0 Å². The molecule has 0 saturated heterocycles. The maximum absolute atomic E-state index is 12.3. The van der Waals surface area contributed by atoms with Gasteiger partial charge in [0.1, 0.15) is 0 Å². The molecule has 1 aromatic heterocycles. The van der Waals surface area contributed by atoms with Gasteiger partial charge in [-0.2, -0.15) is 0 Å². The van der Waals surface area contributed by atoms with E-state index in [-0.39, 0.29) is 5.41 Å². The van der Waals surface area contributed by atoms with E-state index < -0.39 is 0 Å². The molecule has 0 bridgehead atoms. The molecule has 0 radical (unpaired) electrons. The second-order valence-corrected chi connectivity index (χ2v) is 6.93. The lowest BCUT2D eigenvalue weighted by Crippen LogP contribution is -2.39. The quantitative estimate of drug-likeness (QED) is 0.869. The van der Waals surface area contributed by atoms with Crippen molar-refractivity contribution < 1.29 is 4.79 Å². The van der Waals surface area contributed by atoms with Crippen LogP contribution in [0.4, 0.5) is 0 Å². The minimum absolute atomic E-state index is 0.0977. The van der Waals surface area contributed by atoms with Crippen molar-refractivity contribution in [1.82, 2.24) is 10.2 Å². The van der Waals surface area contributed by atoms with Gasteiger partial charge in [0.25, 0.3) is 0 Å². The third kappa shape index (κ3) is 3.13. The van der Waals surface area contributed by atoms with Crippen LogP contribution in [0.2, 0.25) is 0 Å². The Morgan fingerprint density at radius 1 is 1.61 bits per heavy atom. The summed E-state index contributed by atoms with van der Waals surface area (Å²) in [5, 5.41) is 5.22. The first-order valence-electron chi connectivity index (χ1n) is 6.20. The number of amides is 1. The molecule has 0 atom stereocenters. The number of halogens is 1. The SMILES string of the molecule is CNCC1(C(=O)N(C)CCc2cc(Br)cs2)CC1. The number of likely N-dealkylation sites (N-methyl/N-ethyl adjacent to an activating group) is 1. The van der Waals surface area contributed by atoms with Gasteiger partial charge in [-0.25, -0.2) is 0 Å². The standard InChI is InChI=1S/C13H19BrN2OS/c1-15-9-13(4-5-13)12(17)16(2)6-3-11-7-10(14)8-18-11/h7-8,15H,3-6,9H2,1-2H3. The van der Waals surface area contributed by atoms with Crippen LogP contribution in [0.3, 0.4) is 0 Å². The third-order valence-corrected chi connectivity index (χ3v) is 5.24. The number of hydrogen-bond acceptors (Lipinski definition) is 3. The van der Waals surface area contributed by atoms with Gasteiger partial charge in [0.15, 0.2) is 0 Å². The number of rotatable bonds is 6. The van der Waals surface area contributed by atoms with Crippen molar-refractivity contribution in [1.29, 1.82) is 0 Å². The Morgan fingerprint density at radius 3 is 2.83 bits per heavy atom. The van der Waals surface area contributed by atoms with Gasteiger partial charge in [-0.15, -0.1) is 11.3 Å². The predicted octanol–water partition coefficient (Wildman–Crippen LogP) is 2.51. The number of nitrogens with one attached hydrogen (secondary N) is 1. The number of carbonyl (C=O) groups is 1. The summed E-state index contributed by atoms with van der Waals surface area (Å²) in [6, 6.07) is 2.13. The molecule has 0 aromatic carbocycles. The number of thiophene rings is 1. The zero-order chi connectivity index (χ0) is 13.2. The van der Waals surface area contributed by atoms with Gasteiger partial charge in [-0.3, -0.25) is 4.79 Å². The summed E-state index contributed by atoms with van der Waals surface area (Å²) in [4.78, 5) is 15.5. The monoisotopic (exact) mass is 330 g/mol. The van der Waals surface area contributed by atoms with Gasteiger partial charge in [0.05, 0.1) is 5.41 Å². The maximum Gasteiger partial charge on any atom is 0.229 e. The first-order valence-corrected chi connectivity index (χ1v) is 7.88. The highest BCUT2D eigenvalue weighted by Crippen LogP contribution is 2.46. The summed E-state index contributed by atoms with van der Waals surface area (Å²) in [6.07, 6.45) is 3.00. The minimum Gasteiger partial charge on any atom is -0.345 e. The van der Waals surface area contributed by atoms with Gasteiger partial charge in [0.2, 0.25) is 5.91 Å². The molecule has 1 aliphatic rings. The lowest BCUT2D eigenvalue weighted by molar-refractivity contribution is -0.135. The van der Waals surface area contributed by atoms with Crippen molar-refractivity contribution in [3.63, 3.8) is 0 Å². The first kappa shape index (κ1) is 14.0. The molecule has 0 aliphatic heterocycles. The van der Waals surface area contributed by atoms with E-state index in [1.165, 1.54) is 4.88 Å². The fourth-order valence-corrected chi connectivity index (χ4v) is 3.67. The fraction of sp³-hybridized carbons (Fsp3) is 0.615. The van der Waals surface area contributed by atoms with Gasteiger partial charge in [-0.05, 0) is 48.3 Å². The van der Waals surface area contributed by atoms with Crippen LogP contribution in [0.25, 0.3) is 0 Å². The van der Waals surface area contributed by atoms with Crippen LogP contribution >= 0.6 is 27.3 Å². The van der Waals surface area contributed by atoms with Crippen LogP contribution in [0.15, 0.2) is 15.9 Å². The van der Waals surface area contributed by atoms with Crippen molar-refractivity contribution in [2.45, 2.75) is 19.3 Å². The normalized spacial score (nSPS) is 16.6. The van der Waals surface area contributed by atoms with E-state index in [0.29, 0.717) is 5.91 Å². The van der Waals surface area contributed by atoms with Gasteiger partial charge >= 0.3 is 0 Å². The molecule has 1 aromatic rings. The van der Waals surface area contributed by atoms with Crippen molar-refractivity contribution in [2.75, 3.05) is 27.2 Å². The molecule has 0 spiro atoms. The van der Waals surface area contributed by atoms with Crippen molar-refractivity contribution in [2.24, 2.45) is 5.41 Å². The molecule has 5 heteroatoms. The predicted molar refractivity (Wildman–Crippen MR) is 79.0 cm³/mol. The molecular weight excluding hydrogens is 312 g/mol. The van der Waals surface area contributed by atoms with E-state index in [1.807, 2.05) is 19.0 Å². The molecule has 1 amide bonds. The largest absolute Gasteiger partial charge is 0.345 e. The first-order chi connectivity index (χ1) is 8.57. The summed E-state index contributed by atoms with van der Waals surface area (Å²) in [7, 11) is 3.83. The lowest BCUT2D eigenvalue weighted by Gasteiger charge is -2.23. The smallest absolute Gasteiger partial charge is 0.229 e. The third-order valence-electron chi connectivity index (χ3n) is 3.48. The van der Waals surface area contributed by atoms with Crippen LogP contribution in [-0.2, 0) is 11.2 Å². The second-order valence-electron chi connectivity index (χ2n) is 5.02. The molecule has 1 fully saturated rings. The fourth-order valence-electron chi connectivity index (χ4n) is 2.22. The van der Waals surface area contributed by atoms with Gasteiger partial charge in [0, 0.05) is 34.9 Å². The van der Waals surface area contributed by atoms with E-state index in [2.05, 4.69) is 32.7 Å². The summed E-state index contributed by atoms with van der Waals surface area (Å²) in [5.74, 6) is 0.299. The lowest BCUT2D eigenvalue weighted by atomic mass is 10.1. The Morgan fingerprint density at radius 2 is 2.33 bits per heavy atom. The second kappa shape index (κ2) is 5.72. The Bertz CT molecular complexity index is 428. The average Bonchev–Trinajstić information content (AvgIpc) is 3.01. The van der Waals surface area contributed by atoms with Crippen LogP contribution in [0.1, 0.15) is 17.7 Å². The van der Waals surface area contributed by atoms with Crippen LogP contribution in [0, 0.1) is 5.41 Å².